The monoisotopic (exact) mass is 725 g/mol. The zero-order chi connectivity index (χ0) is 44.8. The van der Waals surface area contributed by atoms with Crippen LogP contribution < -0.4 is 0 Å². The molecule has 5 nitrogen and oxygen atoms in total. The Morgan fingerprint density at radius 2 is 1.07 bits per heavy atom. The van der Waals surface area contributed by atoms with Crippen molar-refractivity contribution >= 4 is 43.7 Å². The number of para-hydroxylation sites is 2. The van der Waals surface area contributed by atoms with Gasteiger partial charge in [-0.25, -0.2) is 15.0 Å². The smallest absolute Gasteiger partial charge is 0.164 e. The number of hydrogen-bond donors (Lipinski definition) is 0. The van der Waals surface area contributed by atoms with Crippen LogP contribution in [0.25, 0.3) is 106 Å². The Morgan fingerprint density at radius 1 is 0.411 bits per heavy atom. The molecule has 5 heteroatoms. The van der Waals surface area contributed by atoms with Gasteiger partial charge in [0.25, 0.3) is 0 Å². The summed E-state index contributed by atoms with van der Waals surface area (Å²) in [5.74, 6) is 1.43. The van der Waals surface area contributed by atoms with E-state index in [1.54, 1.807) is 22.8 Å². The molecule has 0 saturated heterocycles. The van der Waals surface area contributed by atoms with Crippen molar-refractivity contribution in [3.8, 4) is 62.1 Å². The molecule has 11 rings (SSSR count). The minimum Gasteiger partial charge on any atom is -0.456 e. The Balaban J connectivity index is 1.07. The van der Waals surface area contributed by atoms with Crippen molar-refractivity contribution < 1.29 is 16.8 Å². The second kappa shape index (κ2) is 13.0. The van der Waals surface area contributed by atoms with E-state index in [2.05, 4.69) is 0 Å². The molecule has 0 fully saturated rings. The first-order valence-corrected chi connectivity index (χ1v) is 18.0. The van der Waals surface area contributed by atoms with Crippen LogP contribution in [-0.2, 0) is 0 Å². The summed E-state index contributed by atoms with van der Waals surface area (Å²) in [6.07, 6.45) is 0. The average molecular weight is 726 g/mol. The van der Waals surface area contributed by atoms with E-state index in [9.17, 15) is 0 Å². The molecule has 0 bridgehead atoms. The number of benzene rings is 8. The average Bonchev–Trinajstić information content (AvgIpc) is 3.90. The summed E-state index contributed by atoms with van der Waals surface area (Å²) in [4.78, 5) is 15.0. The lowest BCUT2D eigenvalue weighted by Crippen LogP contribution is -2.01. The van der Waals surface area contributed by atoms with E-state index < -0.39 is 42.3 Å². The van der Waals surface area contributed by atoms with Crippen molar-refractivity contribution in [3.05, 3.63) is 194 Å². The summed E-state index contributed by atoms with van der Waals surface area (Å²) in [5, 5.41) is 2.52. The maximum atomic E-state index is 9.13. The van der Waals surface area contributed by atoms with Gasteiger partial charge >= 0.3 is 0 Å². The summed E-state index contributed by atoms with van der Waals surface area (Å²) in [7, 11) is 0. The highest BCUT2D eigenvalue weighted by atomic mass is 16.3. The van der Waals surface area contributed by atoms with Gasteiger partial charge < -0.3 is 8.98 Å². The van der Waals surface area contributed by atoms with Gasteiger partial charge in [0.2, 0.25) is 0 Å². The van der Waals surface area contributed by atoms with E-state index in [1.165, 1.54) is 0 Å². The Labute approximate surface area is 335 Å². The van der Waals surface area contributed by atoms with E-state index in [0.717, 1.165) is 49.8 Å². The van der Waals surface area contributed by atoms with Crippen molar-refractivity contribution in [2.45, 2.75) is 0 Å². The molecular weight excluding hydrogens is 685 g/mol. The van der Waals surface area contributed by atoms with Gasteiger partial charge in [0.1, 0.15) is 11.2 Å². The molecule has 0 aliphatic heterocycles. The highest BCUT2D eigenvalue weighted by Gasteiger charge is 2.19. The van der Waals surface area contributed by atoms with E-state index in [4.69, 9.17) is 31.7 Å². The highest BCUT2D eigenvalue weighted by molar-refractivity contribution is 6.15. The predicted octanol–water partition coefficient (Wildman–Crippen LogP) is 13.2. The maximum Gasteiger partial charge on any atom is 0.164 e. The summed E-state index contributed by atoms with van der Waals surface area (Å²) in [6, 6.07) is 40.2. The van der Waals surface area contributed by atoms with Gasteiger partial charge in [-0.15, -0.1) is 0 Å². The first-order valence-electron chi connectivity index (χ1n) is 22.5. The van der Waals surface area contributed by atoms with Crippen LogP contribution in [0.2, 0.25) is 0 Å². The van der Waals surface area contributed by atoms with Crippen molar-refractivity contribution in [3.63, 3.8) is 0 Å². The minimum atomic E-state index is -0.532. The molecule has 0 N–H and O–H groups in total. The molecule has 3 heterocycles. The summed E-state index contributed by atoms with van der Waals surface area (Å²) < 4.78 is 86.0. The maximum absolute atomic E-state index is 9.13. The second-order valence-corrected chi connectivity index (χ2v) is 13.3. The van der Waals surface area contributed by atoms with Crippen LogP contribution in [0.15, 0.2) is 198 Å². The first-order chi connectivity index (χ1) is 31.5. The summed E-state index contributed by atoms with van der Waals surface area (Å²) in [6.45, 7) is 0. The van der Waals surface area contributed by atoms with E-state index in [1.807, 2.05) is 121 Å². The summed E-state index contributed by atoms with van der Waals surface area (Å²) in [5.41, 5.74) is 6.91. The van der Waals surface area contributed by atoms with Crippen LogP contribution in [0.4, 0.5) is 0 Å². The van der Waals surface area contributed by atoms with Crippen LogP contribution in [0.1, 0.15) is 12.3 Å². The lowest BCUT2D eigenvalue weighted by Gasteiger charge is -2.13. The predicted molar refractivity (Wildman–Crippen MR) is 229 cm³/mol. The second-order valence-electron chi connectivity index (χ2n) is 13.3. The Bertz CT molecular complexity index is 3750. The normalized spacial score (nSPS) is 13.8. The van der Waals surface area contributed by atoms with Gasteiger partial charge in [-0.05, 0) is 64.7 Å². The molecule has 56 heavy (non-hydrogen) atoms. The van der Waals surface area contributed by atoms with Gasteiger partial charge in [-0.3, -0.25) is 0 Å². The van der Waals surface area contributed by atoms with Gasteiger partial charge in [0, 0.05) is 43.9 Å². The Hall–Kier alpha value is -7.63. The van der Waals surface area contributed by atoms with E-state index >= 15 is 0 Å². The van der Waals surface area contributed by atoms with E-state index in [0.29, 0.717) is 34.1 Å². The molecule has 0 saturated carbocycles. The molecule has 0 radical (unpaired) electrons. The molecule has 0 aliphatic rings. The quantitative estimate of drug-likeness (QED) is 0.171. The largest absolute Gasteiger partial charge is 0.456 e. The SMILES string of the molecule is [2H]c1c([2H])c([2H])c(-c2cccc3c2c2c([2H])c([2H])c([2H])c([2H])c2n3-c2ccc(-c3ccccc3-c3nc(-c4ccccc4)nc(-c4ccc5c(c4)oc4ccccc45)n3)cc2)c([2H])c1[2H]. The van der Waals surface area contributed by atoms with Crippen LogP contribution in [0.3, 0.4) is 0 Å². The molecule has 8 aromatic carbocycles. The van der Waals surface area contributed by atoms with Crippen LogP contribution in [0, 0.1) is 0 Å². The van der Waals surface area contributed by atoms with E-state index in [-0.39, 0.29) is 34.1 Å². The van der Waals surface area contributed by atoms with Gasteiger partial charge in [0.15, 0.2) is 17.5 Å². The zero-order valence-corrected chi connectivity index (χ0v) is 29.5. The fourth-order valence-corrected chi connectivity index (χ4v) is 7.55. The minimum absolute atomic E-state index is 0.0630. The Morgan fingerprint density at radius 3 is 1.93 bits per heavy atom. The van der Waals surface area contributed by atoms with Gasteiger partial charge in [-0.2, -0.15) is 0 Å². The molecule has 0 aliphatic carbocycles. The number of furan rings is 1. The standard InChI is InChI=1S/C51H32N4O/c1-3-14-33(15-4-1)39-22-13-24-45-48(39)43-21-9-11-23-44(43)55(45)37-29-26-34(27-30-37)38-18-7-8-20-42(38)51-53-49(35-16-5-2-6-17-35)52-50(54-51)36-28-31-41-40-19-10-12-25-46(40)56-47(41)32-36/h1-32H/i1D,3D,4D,9D,11D,14D,15D,21D,23D. The van der Waals surface area contributed by atoms with Crippen molar-refractivity contribution in [1.82, 2.24) is 19.5 Å². The molecule has 0 unspecified atom stereocenters. The van der Waals surface area contributed by atoms with Gasteiger partial charge in [0.05, 0.1) is 23.4 Å². The highest BCUT2D eigenvalue weighted by Crippen LogP contribution is 2.40. The number of rotatable bonds is 6. The molecule has 262 valence electrons. The molecular formula is C51H32N4O. The lowest BCUT2D eigenvalue weighted by molar-refractivity contribution is 0.669. The first kappa shape index (κ1) is 23.9. The third-order valence-electron chi connectivity index (χ3n) is 10.1. The molecule has 0 amide bonds. The van der Waals surface area contributed by atoms with Crippen molar-refractivity contribution in [1.29, 1.82) is 0 Å². The van der Waals surface area contributed by atoms with Crippen molar-refractivity contribution in [2.24, 2.45) is 0 Å². The molecule has 0 atom stereocenters. The van der Waals surface area contributed by atoms with Crippen LogP contribution in [0.5, 0.6) is 0 Å². The van der Waals surface area contributed by atoms with Crippen LogP contribution in [-0.4, -0.2) is 19.5 Å². The number of aromatic nitrogens is 4. The van der Waals surface area contributed by atoms with Gasteiger partial charge in [-0.1, -0.05) is 151 Å². The Kier molecular flexibility index (Phi) is 5.57. The summed E-state index contributed by atoms with van der Waals surface area (Å²) >= 11 is 0. The number of fused-ring (bicyclic) bond motifs is 6. The molecule has 3 aromatic heterocycles. The van der Waals surface area contributed by atoms with Crippen molar-refractivity contribution in [2.75, 3.05) is 0 Å². The third-order valence-corrected chi connectivity index (χ3v) is 10.1. The topological polar surface area (TPSA) is 56.7 Å². The molecule has 0 spiro atoms. The van der Waals surface area contributed by atoms with Crippen LogP contribution >= 0.6 is 0 Å². The molecule has 11 aromatic rings. The fourth-order valence-electron chi connectivity index (χ4n) is 7.55. The number of hydrogen-bond acceptors (Lipinski definition) is 4. The third kappa shape index (κ3) is 5.29. The lowest BCUT2D eigenvalue weighted by atomic mass is 9.98. The zero-order valence-electron chi connectivity index (χ0n) is 38.5. The fraction of sp³-hybridized carbons (Fsp3) is 0. The number of nitrogens with zero attached hydrogens (tertiary/aromatic N) is 4.